The summed E-state index contributed by atoms with van der Waals surface area (Å²) in [4.78, 5) is 17.8. The van der Waals surface area contributed by atoms with E-state index in [-0.39, 0.29) is 5.69 Å². The van der Waals surface area contributed by atoms with Gasteiger partial charge in [-0.25, -0.2) is 9.78 Å². The van der Waals surface area contributed by atoms with Gasteiger partial charge >= 0.3 is 5.97 Å². The standard InChI is InChI=1S/C14H16N2O3/c1-16(2)9-5-6-11-10(7-9)13(18-3)8-12(15-11)14(17)19-4/h5-8H,1-4H3. The van der Waals surface area contributed by atoms with Crippen LogP contribution in [-0.2, 0) is 4.74 Å². The van der Waals surface area contributed by atoms with Crippen molar-refractivity contribution in [1.29, 1.82) is 0 Å². The van der Waals surface area contributed by atoms with E-state index < -0.39 is 5.97 Å². The Bertz CT molecular complexity index is 623. The number of carbonyl (C=O) groups is 1. The number of hydrogen-bond donors (Lipinski definition) is 0. The van der Waals surface area contributed by atoms with Crippen LogP contribution in [0.25, 0.3) is 10.9 Å². The summed E-state index contributed by atoms with van der Waals surface area (Å²) in [6.45, 7) is 0. The molecule has 0 saturated heterocycles. The number of fused-ring (bicyclic) bond motifs is 1. The van der Waals surface area contributed by atoms with Gasteiger partial charge in [0.25, 0.3) is 0 Å². The van der Waals surface area contributed by atoms with Gasteiger partial charge in [0.2, 0.25) is 0 Å². The molecule has 1 aromatic carbocycles. The Morgan fingerprint density at radius 1 is 1.21 bits per heavy atom. The molecule has 0 bridgehead atoms. The third-order valence-electron chi connectivity index (χ3n) is 2.89. The summed E-state index contributed by atoms with van der Waals surface area (Å²) in [6, 6.07) is 7.37. The SMILES string of the molecule is COC(=O)c1cc(OC)c2cc(N(C)C)ccc2n1. The van der Waals surface area contributed by atoms with Crippen LogP contribution in [0.1, 0.15) is 10.5 Å². The molecule has 2 aromatic rings. The van der Waals surface area contributed by atoms with E-state index in [0.717, 1.165) is 11.1 Å². The summed E-state index contributed by atoms with van der Waals surface area (Å²) >= 11 is 0. The Balaban J connectivity index is 2.66. The number of nitrogens with zero attached hydrogens (tertiary/aromatic N) is 2. The molecule has 0 aliphatic rings. The lowest BCUT2D eigenvalue weighted by atomic mass is 10.1. The number of ether oxygens (including phenoxy) is 2. The van der Waals surface area contributed by atoms with Crippen molar-refractivity contribution in [3.63, 3.8) is 0 Å². The van der Waals surface area contributed by atoms with E-state index in [2.05, 4.69) is 9.72 Å². The molecular weight excluding hydrogens is 244 g/mol. The van der Waals surface area contributed by atoms with Gasteiger partial charge in [0, 0.05) is 31.2 Å². The molecule has 1 aromatic heterocycles. The van der Waals surface area contributed by atoms with Crippen molar-refractivity contribution in [2.45, 2.75) is 0 Å². The van der Waals surface area contributed by atoms with Crippen molar-refractivity contribution in [2.24, 2.45) is 0 Å². The average molecular weight is 260 g/mol. The first-order valence-electron chi connectivity index (χ1n) is 5.81. The number of esters is 1. The van der Waals surface area contributed by atoms with Crippen molar-refractivity contribution in [3.05, 3.63) is 30.0 Å². The maximum absolute atomic E-state index is 11.6. The van der Waals surface area contributed by atoms with Gasteiger partial charge < -0.3 is 14.4 Å². The van der Waals surface area contributed by atoms with Crippen molar-refractivity contribution >= 4 is 22.6 Å². The van der Waals surface area contributed by atoms with E-state index in [1.165, 1.54) is 7.11 Å². The fourth-order valence-electron chi connectivity index (χ4n) is 1.84. The molecule has 0 unspecified atom stereocenters. The first-order chi connectivity index (χ1) is 9.06. The van der Waals surface area contributed by atoms with Gasteiger partial charge in [-0.1, -0.05) is 0 Å². The zero-order chi connectivity index (χ0) is 14.0. The number of rotatable bonds is 3. The van der Waals surface area contributed by atoms with E-state index in [0.29, 0.717) is 11.3 Å². The first-order valence-corrected chi connectivity index (χ1v) is 5.81. The van der Waals surface area contributed by atoms with Gasteiger partial charge in [-0.3, -0.25) is 0 Å². The van der Waals surface area contributed by atoms with Crippen LogP contribution in [0.4, 0.5) is 5.69 Å². The molecule has 0 aliphatic carbocycles. The molecule has 0 N–H and O–H groups in total. The van der Waals surface area contributed by atoms with Gasteiger partial charge in [-0.2, -0.15) is 0 Å². The third-order valence-corrected chi connectivity index (χ3v) is 2.89. The summed E-state index contributed by atoms with van der Waals surface area (Å²) in [7, 11) is 6.82. The van der Waals surface area contributed by atoms with Gasteiger partial charge in [-0.05, 0) is 18.2 Å². The molecule has 1 heterocycles. The van der Waals surface area contributed by atoms with Crippen LogP contribution >= 0.6 is 0 Å². The summed E-state index contributed by atoms with van der Waals surface area (Å²) < 4.78 is 10.0. The highest BCUT2D eigenvalue weighted by Gasteiger charge is 2.13. The van der Waals surface area contributed by atoms with E-state index in [1.807, 2.05) is 37.2 Å². The lowest BCUT2D eigenvalue weighted by molar-refractivity contribution is 0.0594. The molecule has 0 radical (unpaired) electrons. The normalized spacial score (nSPS) is 10.3. The number of pyridine rings is 1. The zero-order valence-electron chi connectivity index (χ0n) is 11.4. The molecule has 0 aliphatic heterocycles. The second-order valence-electron chi connectivity index (χ2n) is 4.30. The fraction of sp³-hybridized carbons (Fsp3) is 0.286. The van der Waals surface area contributed by atoms with Crippen molar-refractivity contribution in [3.8, 4) is 5.75 Å². The van der Waals surface area contributed by atoms with E-state index in [4.69, 9.17) is 4.74 Å². The second-order valence-corrected chi connectivity index (χ2v) is 4.30. The number of carbonyl (C=O) groups excluding carboxylic acids is 1. The van der Waals surface area contributed by atoms with Crippen LogP contribution in [-0.4, -0.2) is 39.3 Å². The molecule has 2 rings (SSSR count). The largest absolute Gasteiger partial charge is 0.496 e. The van der Waals surface area contributed by atoms with Gasteiger partial charge in [0.05, 0.1) is 19.7 Å². The topological polar surface area (TPSA) is 51.7 Å². The average Bonchev–Trinajstić information content (AvgIpc) is 2.44. The third kappa shape index (κ3) is 2.45. The number of anilines is 1. The predicted octanol–water partition coefficient (Wildman–Crippen LogP) is 2.10. The minimum absolute atomic E-state index is 0.240. The molecular formula is C14H16N2O3. The molecule has 19 heavy (non-hydrogen) atoms. The van der Waals surface area contributed by atoms with Crippen LogP contribution in [0.5, 0.6) is 5.75 Å². The van der Waals surface area contributed by atoms with Crippen molar-refractivity contribution in [1.82, 2.24) is 4.98 Å². The van der Waals surface area contributed by atoms with Crippen LogP contribution < -0.4 is 9.64 Å². The molecule has 0 amide bonds. The first kappa shape index (κ1) is 13.1. The summed E-state index contributed by atoms with van der Waals surface area (Å²) in [5.74, 6) is 0.131. The lowest BCUT2D eigenvalue weighted by Crippen LogP contribution is -2.09. The highest BCUT2D eigenvalue weighted by molar-refractivity contribution is 5.95. The molecule has 0 saturated carbocycles. The Morgan fingerprint density at radius 2 is 1.95 bits per heavy atom. The number of benzene rings is 1. The lowest BCUT2D eigenvalue weighted by Gasteiger charge is -2.14. The Hall–Kier alpha value is -2.30. The quantitative estimate of drug-likeness (QED) is 0.791. The maximum Gasteiger partial charge on any atom is 0.356 e. The number of methoxy groups -OCH3 is 2. The Kier molecular flexibility index (Phi) is 3.55. The smallest absolute Gasteiger partial charge is 0.356 e. The van der Waals surface area contributed by atoms with Gasteiger partial charge in [-0.15, -0.1) is 0 Å². The van der Waals surface area contributed by atoms with Crippen LogP contribution in [0.15, 0.2) is 24.3 Å². The van der Waals surface area contributed by atoms with Crippen molar-refractivity contribution in [2.75, 3.05) is 33.2 Å². The molecule has 0 fully saturated rings. The zero-order valence-corrected chi connectivity index (χ0v) is 11.4. The highest BCUT2D eigenvalue weighted by atomic mass is 16.5. The van der Waals surface area contributed by atoms with Crippen LogP contribution in [0.2, 0.25) is 0 Å². The summed E-state index contributed by atoms with van der Waals surface area (Å²) in [6.07, 6.45) is 0. The summed E-state index contributed by atoms with van der Waals surface area (Å²) in [5.41, 5.74) is 1.98. The van der Waals surface area contributed by atoms with Crippen LogP contribution in [0, 0.1) is 0 Å². The Morgan fingerprint density at radius 3 is 2.53 bits per heavy atom. The maximum atomic E-state index is 11.6. The molecule has 5 nitrogen and oxygen atoms in total. The minimum atomic E-state index is -0.475. The summed E-state index contributed by atoms with van der Waals surface area (Å²) in [5, 5.41) is 0.862. The van der Waals surface area contributed by atoms with Crippen molar-refractivity contribution < 1.29 is 14.3 Å². The molecule has 100 valence electrons. The number of hydrogen-bond acceptors (Lipinski definition) is 5. The Labute approximate surface area is 111 Å². The van der Waals surface area contributed by atoms with Gasteiger partial charge in [0.15, 0.2) is 5.69 Å². The highest BCUT2D eigenvalue weighted by Crippen LogP contribution is 2.29. The minimum Gasteiger partial charge on any atom is -0.496 e. The molecule has 5 heteroatoms. The van der Waals surface area contributed by atoms with Gasteiger partial charge in [0.1, 0.15) is 5.75 Å². The number of aromatic nitrogens is 1. The fourth-order valence-corrected chi connectivity index (χ4v) is 1.84. The monoisotopic (exact) mass is 260 g/mol. The van der Waals surface area contributed by atoms with E-state index >= 15 is 0 Å². The molecule has 0 spiro atoms. The van der Waals surface area contributed by atoms with Crippen LogP contribution in [0.3, 0.4) is 0 Å². The predicted molar refractivity (Wildman–Crippen MR) is 74.0 cm³/mol. The van der Waals surface area contributed by atoms with E-state index in [9.17, 15) is 4.79 Å². The second kappa shape index (κ2) is 5.14. The van der Waals surface area contributed by atoms with E-state index in [1.54, 1.807) is 13.2 Å². The molecule has 0 atom stereocenters.